The average molecular weight is 438 g/mol. The van der Waals surface area contributed by atoms with Crippen LogP contribution in [0.1, 0.15) is 27.2 Å². The van der Waals surface area contributed by atoms with E-state index in [2.05, 4.69) is 57.7 Å². The molecular weight excluding hydrogens is 410 g/mol. The van der Waals surface area contributed by atoms with Crippen LogP contribution in [-0.2, 0) is 12.2 Å². The van der Waals surface area contributed by atoms with Gasteiger partial charge in [0.2, 0.25) is 0 Å². The Hall–Kier alpha value is -2.15. The zero-order chi connectivity index (χ0) is 20.8. The molecule has 30 heavy (non-hydrogen) atoms. The lowest BCUT2D eigenvalue weighted by Gasteiger charge is -2.34. The van der Waals surface area contributed by atoms with Crippen LogP contribution in [0.25, 0.3) is 0 Å². The largest absolute Gasteiger partial charge is 0.336 e. The Morgan fingerprint density at radius 2 is 1.73 bits per heavy atom. The molecule has 6 heteroatoms. The van der Waals surface area contributed by atoms with Gasteiger partial charge in [0.05, 0.1) is 0 Å². The summed E-state index contributed by atoms with van der Waals surface area (Å²) in [6, 6.07) is 18.7. The molecule has 4 rings (SSSR count). The molecule has 1 aromatic heterocycles. The van der Waals surface area contributed by atoms with Gasteiger partial charge in [-0.1, -0.05) is 54.2 Å². The van der Waals surface area contributed by atoms with Gasteiger partial charge >= 0.3 is 0 Å². The normalized spacial score (nSPS) is 14.8. The fraction of sp³-hybridized carbons (Fsp3) is 0.333. The van der Waals surface area contributed by atoms with E-state index in [9.17, 15) is 4.79 Å². The Balaban J connectivity index is 1.23. The molecule has 156 valence electrons. The molecule has 0 bridgehead atoms. The number of amides is 1. The minimum Gasteiger partial charge on any atom is -0.336 e. The number of benzene rings is 2. The van der Waals surface area contributed by atoms with Crippen LogP contribution >= 0.6 is 23.1 Å². The first-order chi connectivity index (χ1) is 14.7. The molecule has 4 nitrogen and oxygen atoms in total. The number of hydrogen-bond acceptors (Lipinski definition) is 5. The average Bonchev–Trinajstić information content (AvgIpc) is 3.22. The SMILES string of the molecule is Cc1csc(SCc2ccc(C(=O)N3CCN(CCc4ccccc4)CC3)cc2)n1. The van der Waals surface area contributed by atoms with Gasteiger partial charge in [0.15, 0.2) is 0 Å². The van der Waals surface area contributed by atoms with Crippen LogP contribution in [0.4, 0.5) is 0 Å². The second kappa shape index (κ2) is 10.2. The second-order valence-corrected chi connectivity index (χ2v) is 9.69. The summed E-state index contributed by atoms with van der Waals surface area (Å²) in [5.41, 5.74) is 4.45. The highest BCUT2D eigenvalue weighted by molar-refractivity contribution is 8.00. The van der Waals surface area contributed by atoms with Crippen LogP contribution in [0, 0.1) is 6.92 Å². The van der Waals surface area contributed by atoms with E-state index in [0.717, 1.165) is 60.5 Å². The van der Waals surface area contributed by atoms with Gasteiger partial charge in [-0.2, -0.15) is 0 Å². The number of piperazine rings is 1. The van der Waals surface area contributed by atoms with E-state index >= 15 is 0 Å². The van der Waals surface area contributed by atoms with Crippen molar-refractivity contribution in [3.05, 3.63) is 82.4 Å². The van der Waals surface area contributed by atoms with Crippen LogP contribution in [0.5, 0.6) is 0 Å². The van der Waals surface area contributed by atoms with E-state index < -0.39 is 0 Å². The van der Waals surface area contributed by atoms with Crippen LogP contribution in [-0.4, -0.2) is 53.4 Å². The Kier molecular flexibility index (Phi) is 7.20. The second-order valence-electron chi connectivity index (χ2n) is 7.61. The van der Waals surface area contributed by atoms with Gasteiger partial charge in [-0.25, -0.2) is 4.98 Å². The lowest BCUT2D eigenvalue weighted by atomic mass is 10.1. The Morgan fingerprint density at radius 3 is 2.40 bits per heavy atom. The monoisotopic (exact) mass is 437 g/mol. The van der Waals surface area contributed by atoms with Crippen molar-refractivity contribution >= 4 is 29.0 Å². The van der Waals surface area contributed by atoms with Crippen molar-refractivity contribution in [1.29, 1.82) is 0 Å². The van der Waals surface area contributed by atoms with Gasteiger partial charge < -0.3 is 4.90 Å². The lowest BCUT2D eigenvalue weighted by molar-refractivity contribution is 0.0638. The first-order valence-electron chi connectivity index (χ1n) is 10.4. The third-order valence-electron chi connectivity index (χ3n) is 5.38. The first kappa shape index (κ1) is 21.1. The summed E-state index contributed by atoms with van der Waals surface area (Å²) in [6.45, 7) is 6.56. The number of nitrogens with zero attached hydrogens (tertiary/aromatic N) is 3. The molecule has 0 unspecified atom stereocenters. The number of aryl methyl sites for hydroxylation is 1. The van der Waals surface area contributed by atoms with Crippen molar-refractivity contribution in [1.82, 2.24) is 14.8 Å². The molecule has 1 saturated heterocycles. The van der Waals surface area contributed by atoms with E-state index in [1.807, 2.05) is 24.0 Å². The highest BCUT2D eigenvalue weighted by Gasteiger charge is 2.21. The molecule has 2 aromatic carbocycles. The molecule has 2 heterocycles. The molecule has 0 N–H and O–H groups in total. The number of thioether (sulfide) groups is 1. The fourth-order valence-corrected chi connectivity index (χ4v) is 5.38. The smallest absolute Gasteiger partial charge is 0.253 e. The molecular formula is C24H27N3OS2. The molecule has 0 spiro atoms. The number of carbonyl (C=O) groups is 1. The van der Waals surface area contributed by atoms with Crippen LogP contribution in [0.15, 0.2) is 64.3 Å². The van der Waals surface area contributed by atoms with E-state index in [-0.39, 0.29) is 5.91 Å². The van der Waals surface area contributed by atoms with Gasteiger partial charge in [-0.15, -0.1) is 11.3 Å². The van der Waals surface area contributed by atoms with E-state index in [1.165, 1.54) is 11.1 Å². The number of thiazole rings is 1. The Labute approximate surface area is 186 Å². The van der Waals surface area contributed by atoms with Crippen molar-refractivity contribution in [2.24, 2.45) is 0 Å². The number of hydrogen-bond donors (Lipinski definition) is 0. The summed E-state index contributed by atoms with van der Waals surface area (Å²) in [6.07, 6.45) is 1.06. The van der Waals surface area contributed by atoms with Crippen LogP contribution in [0.2, 0.25) is 0 Å². The summed E-state index contributed by atoms with van der Waals surface area (Å²) < 4.78 is 1.10. The maximum Gasteiger partial charge on any atom is 0.253 e. The Morgan fingerprint density at radius 1 is 1.00 bits per heavy atom. The molecule has 0 radical (unpaired) electrons. The predicted octanol–water partition coefficient (Wildman–Crippen LogP) is 4.74. The highest BCUT2D eigenvalue weighted by atomic mass is 32.2. The summed E-state index contributed by atoms with van der Waals surface area (Å²) >= 11 is 3.43. The molecule has 1 fully saturated rings. The number of rotatable bonds is 7. The summed E-state index contributed by atoms with van der Waals surface area (Å²) in [5, 5.41) is 2.07. The molecule has 1 aliphatic heterocycles. The molecule has 0 atom stereocenters. The summed E-state index contributed by atoms with van der Waals surface area (Å²) in [5.74, 6) is 1.02. The van der Waals surface area contributed by atoms with Gasteiger partial charge in [0.25, 0.3) is 5.91 Å². The minimum absolute atomic E-state index is 0.146. The molecule has 0 saturated carbocycles. The zero-order valence-electron chi connectivity index (χ0n) is 17.3. The van der Waals surface area contributed by atoms with Crippen molar-refractivity contribution in [3.8, 4) is 0 Å². The van der Waals surface area contributed by atoms with Gasteiger partial charge in [0, 0.05) is 55.1 Å². The van der Waals surface area contributed by atoms with Gasteiger partial charge in [-0.3, -0.25) is 9.69 Å². The van der Waals surface area contributed by atoms with Gasteiger partial charge in [0.1, 0.15) is 4.34 Å². The molecule has 1 amide bonds. The molecule has 0 aliphatic carbocycles. The van der Waals surface area contributed by atoms with E-state index in [4.69, 9.17) is 0 Å². The minimum atomic E-state index is 0.146. The van der Waals surface area contributed by atoms with Crippen molar-refractivity contribution in [3.63, 3.8) is 0 Å². The van der Waals surface area contributed by atoms with E-state index in [0.29, 0.717) is 0 Å². The lowest BCUT2D eigenvalue weighted by Crippen LogP contribution is -2.49. The maximum absolute atomic E-state index is 12.9. The summed E-state index contributed by atoms with van der Waals surface area (Å²) in [7, 11) is 0. The number of carbonyl (C=O) groups excluding carboxylic acids is 1. The third kappa shape index (κ3) is 5.72. The number of aromatic nitrogens is 1. The standard InChI is InChI=1S/C24H27N3OS2/c1-19-17-29-24(25-19)30-18-21-7-9-22(10-8-21)23(28)27-15-13-26(14-16-27)12-11-20-5-3-2-4-6-20/h2-10,17H,11-16,18H2,1H3. The van der Waals surface area contributed by atoms with Crippen LogP contribution < -0.4 is 0 Å². The van der Waals surface area contributed by atoms with Crippen molar-refractivity contribution in [2.75, 3.05) is 32.7 Å². The van der Waals surface area contributed by atoms with Crippen LogP contribution in [0.3, 0.4) is 0 Å². The Bertz CT molecular complexity index is 948. The fourth-order valence-electron chi connectivity index (χ4n) is 3.58. The van der Waals surface area contributed by atoms with Gasteiger partial charge in [-0.05, 0) is 36.6 Å². The zero-order valence-corrected chi connectivity index (χ0v) is 18.9. The molecule has 1 aliphatic rings. The molecule has 3 aromatic rings. The topological polar surface area (TPSA) is 36.4 Å². The maximum atomic E-state index is 12.9. The van der Waals surface area contributed by atoms with Crippen molar-refractivity contribution < 1.29 is 4.79 Å². The first-order valence-corrected chi connectivity index (χ1v) is 12.2. The summed E-state index contributed by atoms with van der Waals surface area (Å²) in [4.78, 5) is 21.8. The quantitative estimate of drug-likeness (QED) is 0.500. The third-order valence-corrected chi connectivity index (χ3v) is 7.59. The van der Waals surface area contributed by atoms with E-state index in [1.54, 1.807) is 23.1 Å². The predicted molar refractivity (Wildman–Crippen MR) is 125 cm³/mol. The van der Waals surface area contributed by atoms with Crippen molar-refractivity contribution in [2.45, 2.75) is 23.4 Å². The highest BCUT2D eigenvalue weighted by Crippen LogP contribution is 2.26.